The lowest BCUT2D eigenvalue weighted by atomic mass is 10.3. The summed E-state index contributed by atoms with van der Waals surface area (Å²) >= 11 is 2.26. The molecule has 1 heterocycles. The third-order valence-corrected chi connectivity index (χ3v) is 3.15. The maximum absolute atomic E-state index is 5.65. The van der Waals surface area contributed by atoms with Crippen LogP contribution in [0.25, 0.3) is 0 Å². The van der Waals surface area contributed by atoms with Crippen molar-refractivity contribution in [3.8, 4) is 5.75 Å². The van der Waals surface area contributed by atoms with Gasteiger partial charge in [0.25, 0.3) is 0 Å². The summed E-state index contributed by atoms with van der Waals surface area (Å²) < 4.78 is 12.0. The van der Waals surface area contributed by atoms with E-state index in [4.69, 9.17) is 9.26 Å². The Morgan fingerprint density at radius 2 is 2.21 bits per heavy atom. The summed E-state index contributed by atoms with van der Waals surface area (Å²) in [6.45, 7) is 5.31. The molecule has 0 aliphatic heterocycles. The quantitative estimate of drug-likeness (QED) is 0.791. The van der Waals surface area contributed by atoms with Gasteiger partial charge < -0.3 is 14.6 Å². The van der Waals surface area contributed by atoms with Crippen molar-refractivity contribution in [3.05, 3.63) is 45.4 Å². The van der Waals surface area contributed by atoms with Crippen LogP contribution in [0.2, 0.25) is 0 Å². The molecule has 1 N–H and O–H groups in total. The fourth-order valence-electron chi connectivity index (χ4n) is 1.53. The molecule has 1 aromatic carbocycles. The summed E-state index contributed by atoms with van der Waals surface area (Å²) in [7, 11) is 0. The second-order valence-electron chi connectivity index (χ2n) is 4.57. The molecule has 4 nitrogen and oxygen atoms in total. The highest BCUT2D eigenvalue weighted by molar-refractivity contribution is 14.1. The number of hydrogen-bond acceptors (Lipinski definition) is 4. The summed E-state index contributed by atoms with van der Waals surface area (Å²) in [4.78, 5) is 0. The molecule has 2 rings (SSSR count). The highest BCUT2D eigenvalue weighted by atomic mass is 127. The van der Waals surface area contributed by atoms with E-state index in [1.54, 1.807) is 0 Å². The first-order chi connectivity index (χ1) is 9.13. The summed E-state index contributed by atoms with van der Waals surface area (Å²) in [5.41, 5.74) is 0.898. The topological polar surface area (TPSA) is 47.3 Å². The van der Waals surface area contributed by atoms with Gasteiger partial charge in [0, 0.05) is 22.2 Å². The Labute approximate surface area is 126 Å². The summed E-state index contributed by atoms with van der Waals surface area (Å²) in [5.74, 6) is 1.57. The number of ether oxygens (including phenoxy) is 1. The molecule has 102 valence electrons. The van der Waals surface area contributed by atoms with E-state index >= 15 is 0 Å². The second kappa shape index (κ2) is 6.91. The SMILES string of the molecule is CC(C)NCc1cc(COc2cccc(I)c2)on1. The minimum atomic E-state index is 0.398. The van der Waals surface area contributed by atoms with Gasteiger partial charge in [-0.25, -0.2) is 0 Å². The molecule has 0 unspecified atom stereocenters. The van der Waals surface area contributed by atoms with Crippen molar-refractivity contribution in [1.82, 2.24) is 10.5 Å². The maximum Gasteiger partial charge on any atom is 0.174 e. The van der Waals surface area contributed by atoms with E-state index < -0.39 is 0 Å². The van der Waals surface area contributed by atoms with Crippen molar-refractivity contribution in [2.24, 2.45) is 0 Å². The van der Waals surface area contributed by atoms with Crippen LogP contribution < -0.4 is 10.1 Å². The van der Waals surface area contributed by atoms with Gasteiger partial charge in [-0.1, -0.05) is 25.1 Å². The standard InChI is InChI=1S/C14H17IN2O2/c1-10(2)16-8-12-7-14(19-17-12)9-18-13-5-3-4-11(15)6-13/h3-7,10,16H,8-9H2,1-2H3. The summed E-state index contributed by atoms with van der Waals surface area (Å²) in [6.07, 6.45) is 0. The molecule has 1 aromatic heterocycles. The Bertz CT molecular complexity index is 526. The van der Waals surface area contributed by atoms with E-state index in [0.717, 1.165) is 20.8 Å². The summed E-state index contributed by atoms with van der Waals surface area (Å²) in [5, 5.41) is 7.29. The van der Waals surface area contributed by atoms with Crippen molar-refractivity contribution in [2.75, 3.05) is 0 Å². The number of nitrogens with one attached hydrogen (secondary N) is 1. The van der Waals surface area contributed by atoms with Gasteiger partial charge in [0.2, 0.25) is 0 Å². The molecule has 0 bridgehead atoms. The van der Waals surface area contributed by atoms with Gasteiger partial charge in [0.1, 0.15) is 12.4 Å². The van der Waals surface area contributed by atoms with Crippen LogP contribution in [-0.4, -0.2) is 11.2 Å². The predicted octanol–water partition coefficient (Wildman–Crippen LogP) is 3.36. The molecule has 0 aliphatic rings. The number of rotatable bonds is 6. The normalized spacial score (nSPS) is 10.9. The molecule has 19 heavy (non-hydrogen) atoms. The maximum atomic E-state index is 5.65. The van der Waals surface area contributed by atoms with Crippen LogP contribution in [0.4, 0.5) is 0 Å². The van der Waals surface area contributed by atoms with Gasteiger partial charge in [-0.3, -0.25) is 0 Å². The van der Waals surface area contributed by atoms with Crippen molar-refractivity contribution in [2.45, 2.75) is 33.0 Å². The first kappa shape index (κ1) is 14.3. The van der Waals surface area contributed by atoms with Gasteiger partial charge in [-0.2, -0.15) is 0 Å². The van der Waals surface area contributed by atoms with E-state index in [9.17, 15) is 0 Å². The van der Waals surface area contributed by atoms with Gasteiger partial charge in [0.05, 0.1) is 5.69 Å². The lowest BCUT2D eigenvalue weighted by Crippen LogP contribution is -2.21. The molecule has 0 atom stereocenters. The fraction of sp³-hybridized carbons (Fsp3) is 0.357. The highest BCUT2D eigenvalue weighted by Crippen LogP contribution is 2.16. The average molecular weight is 372 g/mol. The number of halogens is 1. The first-order valence-electron chi connectivity index (χ1n) is 6.19. The van der Waals surface area contributed by atoms with E-state index in [2.05, 4.69) is 46.9 Å². The van der Waals surface area contributed by atoms with Crippen LogP contribution in [0.5, 0.6) is 5.75 Å². The molecule has 0 aliphatic carbocycles. The highest BCUT2D eigenvalue weighted by Gasteiger charge is 2.05. The molecule has 5 heteroatoms. The number of benzene rings is 1. The molecule has 0 saturated carbocycles. The predicted molar refractivity (Wildman–Crippen MR) is 82.0 cm³/mol. The minimum absolute atomic E-state index is 0.398. The third kappa shape index (κ3) is 4.83. The molecule has 0 spiro atoms. The van der Waals surface area contributed by atoms with Crippen molar-refractivity contribution in [1.29, 1.82) is 0 Å². The molecule has 0 fully saturated rings. The Morgan fingerprint density at radius 3 is 2.95 bits per heavy atom. The van der Waals surface area contributed by atoms with E-state index in [0.29, 0.717) is 19.2 Å². The zero-order valence-corrected chi connectivity index (χ0v) is 13.2. The zero-order valence-electron chi connectivity index (χ0n) is 11.0. The first-order valence-corrected chi connectivity index (χ1v) is 7.27. The fourth-order valence-corrected chi connectivity index (χ4v) is 2.04. The van der Waals surface area contributed by atoms with Gasteiger partial charge in [0.15, 0.2) is 5.76 Å². The second-order valence-corrected chi connectivity index (χ2v) is 5.81. The van der Waals surface area contributed by atoms with E-state index in [1.165, 1.54) is 0 Å². The summed E-state index contributed by atoms with van der Waals surface area (Å²) in [6, 6.07) is 10.3. The molecule has 0 radical (unpaired) electrons. The lowest BCUT2D eigenvalue weighted by molar-refractivity contribution is 0.248. The van der Waals surface area contributed by atoms with Crippen molar-refractivity contribution >= 4 is 22.6 Å². The third-order valence-electron chi connectivity index (χ3n) is 2.48. The monoisotopic (exact) mass is 372 g/mol. The Balaban J connectivity index is 1.86. The van der Waals surface area contributed by atoms with E-state index in [1.807, 2.05) is 30.3 Å². The Hall–Kier alpha value is -1.08. The van der Waals surface area contributed by atoms with Crippen LogP contribution in [0.3, 0.4) is 0 Å². The Kier molecular flexibility index (Phi) is 5.21. The van der Waals surface area contributed by atoms with Crippen molar-refractivity contribution in [3.63, 3.8) is 0 Å². The molecular formula is C14H17IN2O2. The van der Waals surface area contributed by atoms with Crippen LogP contribution in [0, 0.1) is 3.57 Å². The smallest absolute Gasteiger partial charge is 0.174 e. The van der Waals surface area contributed by atoms with Gasteiger partial charge >= 0.3 is 0 Å². The number of aromatic nitrogens is 1. The largest absolute Gasteiger partial charge is 0.486 e. The molecular weight excluding hydrogens is 355 g/mol. The lowest BCUT2D eigenvalue weighted by Gasteiger charge is -2.04. The average Bonchev–Trinajstić information content (AvgIpc) is 2.82. The van der Waals surface area contributed by atoms with Crippen LogP contribution >= 0.6 is 22.6 Å². The van der Waals surface area contributed by atoms with Crippen LogP contribution in [0.15, 0.2) is 34.9 Å². The van der Waals surface area contributed by atoms with E-state index in [-0.39, 0.29) is 0 Å². The van der Waals surface area contributed by atoms with Crippen LogP contribution in [-0.2, 0) is 13.2 Å². The zero-order chi connectivity index (χ0) is 13.7. The molecule has 0 amide bonds. The van der Waals surface area contributed by atoms with Crippen LogP contribution in [0.1, 0.15) is 25.3 Å². The van der Waals surface area contributed by atoms with Gasteiger partial charge in [-0.05, 0) is 40.8 Å². The molecule has 0 saturated heterocycles. The number of nitrogens with zero attached hydrogens (tertiary/aromatic N) is 1. The Morgan fingerprint density at radius 1 is 1.37 bits per heavy atom. The van der Waals surface area contributed by atoms with Crippen molar-refractivity contribution < 1.29 is 9.26 Å². The molecule has 2 aromatic rings. The minimum Gasteiger partial charge on any atom is -0.486 e. The number of hydrogen-bond donors (Lipinski definition) is 1. The van der Waals surface area contributed by atoms with Gasteiger partial charge in [-0.15, -0.1) is 0 Å².